The zero-order valence-corrected chi connectivity index (χ0v) is 41.0. The smallest absolute Gasteiger partial charge is 0.192 e. The van der Waals surface area contributed by atoms with Gasteiger partial charge in [0.2, 0.25) is 0 Å². The van der Waals surface area contributed by atoms with Crippen molar-refractivity contribution >= 4 is 93.9 Å². The lowest BCUT2D eigenvalue weighted by Crippen LogP contribution is -2.12. The van der Waals surface area contributed by atoms with Crippen molar-refractivity contribution < 1.29 is 13.0 Å². The van der Waals surface area contributed by atoms with Crippen molar-refractivity contribution in [3.05, 3.63) is 174 Å². The van der Waals surface area contributed by atoms with Gasteiger partial charge >= 0.3 is 0 Å². The number of fused-ring (bicyclic) bond motifs is 9. The molecule has 70 heavy (non-hydrogen) atoms. The van der Waals surface area contributed by atoms with Gasteiger partial charge < -0.3 is 24.5 Å². The second-order valence-corrected chi connectivity index (χ2v) is 21.6. The van der Waals surface area contributed by atoms with E-state index in [1.165, 1.54) is 9.13 Å². The average molecular weight is 924 g/mol. The predicted octanol–water partition coefficient (Wildman–Crippen LogP) is 17.2. The van der Waals surface area contributed by atoms with E-state index in [0.29, 0.717) is 72.8 Å². The van der Waals surface area contributed by atoms with Gasteiger partial charge in [0.15, 0.2) is 5.69 Å². The number of nitrogens with zero attached hydrogens (tertiary/aromatic N) is 5. The topological polar surface area (TPSA) is 65.3 Å². The first-order valence-electron chi connectivity index (χ1n) is 26.7. The van der Waals surface area contributed by atoms with E-state index in [4.69, 9.17) is 24.5 Å². The third-order valence-electron chi connectivity index (χ3n) is 13.7. The maximum Gasteiger partial charge on any atom is 0.192 e. The Labute approximate surface area is 418 Å². The number of rotatable bonds is 7. The molecule has 0 aliphatic carbocycles. The summed E-state index contributed by atoms with van der Waals surface area (Å²) in [5.74, 6) is 1.79. The number of anilines is 4. The van der Waals surface area contributed by atoms with Crippen LogP contribution in [0.4, 0.5) is 28.4 Å². The maximum absolute atomic E-state index is 9.07. The minimum Gasteiger partial charge on any atom is -0.459 e. The van der Waals surface area contributed by atoms with Gasteiger partial charge in [-0.05, 0) is 118 Å². The number of pyridine rings is 1. The summed E-state index contributed by atoms with van der Waals surface area (Å²) in [6.45, 7) is 22.1. The molecule has 0 atom stereocenters. The van der Waals surface area contributed by atoms with Crippen molar-refractivity contribution in [1.29, 1.82) is 0 Å². The molecular formula is C62H59N7O. The minimum absolute atomic E-state index is 0.0863. The maximum atomic E-state index is 9.07. The standard InChI is InChI=1S/C62H59N7O/c1-60(2,3)37-21-25-52-46(29-37)48-36-49-47-30-38(61(4,5)6)22-26-53(47)68(12)59(49)57(58(48)67(52)11)66-51-19-15-14-18-50(51)65-41-32-40(63-10)33-43(34-41)70-42-23-24-45-44-17-13-16-20-54(44)69(55(45)35-42)56-31-39(27-28-64-56)62(7,8)9/h13-36,65-66H,1-9,11-12H3/i11D3,12D3. The Morgan fingerprint density at radius 2 is 1.10 bits per heavy atom. The van der Waals surface area contributed by atoms with Crippen LogP contribution in [-0.4, -0.2) is 18.7 Å². The van der Waals surface area contributed by atoms with Gasteiger partial charge in [-0.15, -0.1) is 0 Å². The largest absolute Gasteiger partial charge is 0.459 e. The minimum atomic E-state index is -2.67. The quantitative estimate of drug-likeness (QED) is 0.156. The average Bonchev–Trinajstić information content (AvgIpc) is 4.10. The fourth-order valence-corrected chi connectivity index (χ4v) is 9.90. The Balaban J connectivity index is 1.07. The van der Waals surface area contributed by atoms with Gasteiger partial charge in [-0.2, -0.15) is 0 Å². The molecule has 4 aromatic heterocycles. The van der Waals surface area contributed by atoms with E-state index < -0.39 is 14.0 Å². The van der Waals surface area contributed by atoms with Crippen molar-refractivity contribution in [3.8, 4) is 17.3 Å². The van der Waals surface area contributed by atoms with Crippen molar-refractivity contribution in [2.45, 2.75) is 78.6 Å². The molecule has 0 aliphatic rings. The molecule has 7 aromatic carbocycles. The Morgan fingerprint density at radius 1 is 0.514 bits per heavy atom. The van der Waals surface area contributed by atoms with Gasteiger partial charge in [0.25, 0.3) is 0 Å². The molecule has 0 unspecified atom stereocenters. The van der Waals surface area contributed by atoms with Crippen LogP contribution in [0.25, 0.3) is 76.1 Å². The van der Waals surface area contributed by atoms with E-state index in [2.05, 4.69) is 125 Å². The molecule has 8 heteroatoms. The van der Waals surface area contributed by atoms with Crippen LogP contribution < -0.4 is 15.4 Å². The Hall–Kier alpha value is -8.02. The number of hydrogen-bond acceptors (Lipinski definition) is 4. The second kappa shape index (κ2) is 16.0. The highest BCUT2D eigenvalue weighted by Gasteiger charge is 2.25. The fraction of sp³-hybridized carbons (Fsp3) is 0.226. The van der Waals surface area contributed by atoms with E-state index in [0.717, 1.165) is 55.1 Å². The molecule has 11 aromatic rings. The number of aromatic nitrogens is 4. The number of ether oxygens (including phenoxy) is 1. The van der Waals surface area contributed by atoms with E-state index in [-0.39, 0.29) is 16.2 Å². The number of hydrogen-bond donors (Lipinski definition) is 2. The molecule has 0 bridgehead atoms. The lowest BCUT2D eigenvalue weighted by molar-refractivity contribution is 0.484. The van der Waals surface area contributed by atoms with E-state index in [9.17, 15) is 0 Å². The summed E-state index contributed by atoms with van der Waals surface area (Å²) >= 11 is 0. The zero-order valence-electron chi connectivity index (χ0n) is 47.0. The molecule has 4 heterocycles. The van der Waals surface area contributed by atoms with E-state index >= 15 is 0 Å². The first-order valence-corrected chi connectivity index (χ1v) is 23.7. The molecule has 8 nitrogen and oxygen atoms in total. The molecule has 0 fully saturated rings. The zero-order chi connectivity index (χ0) is 54.0. The molecule has 0 aliphatic heterocycles. The van der Waals surface area contributed by atoms with E-state index in [1.54, 1.807) is 12.1 Å². The van der Waals surface area contributed by atoms with Crippen molar-refractivity contribution in [2.75, 3.05) is 10.6 Å². The van der Waals surface area contributed by atoms with Crippen LogP contribution in [-0.2, 0) is 30.2 Å². The summed E-state index contributed by atoms with van der Waals surface area (Å²) < 4.78 is 65.9. The Morgan fingerprint density at radius 3 is 1.71 bits per heavy atom. The van der Waals surface area contributed by atoms with Gasteiger partial charge in [0.1, 0.15) is 17.3 Å². The molecule has 0 saturated carbocycles. The summed E-state index contributed by atoms with van der Waals surface area (Å²) in [6, 6.07) is 45.0. The molecule has 348 valence electrons. The number of para-hydroxylation sites is 3. The summed E-state index contributed by atoms with van der Waals surface area (Å²) in [4.78, 5) is 8.67. The van der Waals surface area contributed by atoms with Crippen LogP contribution in [0, 0.1) is 6.57 Å². The van der Waals surface area contributed by atoms with Gasteiger partial charge in [0, 0.05) is 89.5 Å². The van der Waals surface area contributed by atoms with Crippen LogP contribution in [0.2, 0.25) is 0 Å². The number of nitrogens with one attached hydrogen (secondary N) is 2. The summed E-state index contributed by atoms with van der Waals surface area (Å²) in [6.07, 6.45) is 1.86. The molecule has 0 radical (unpaired) electrons. The summed E-state index contributed by atoms with van der Waals surface area (Å²) in [5.41, 5.74) is 8.57. The van der Waals surface area contributed by atoms with Crippen molar-refractivity contribution in [3.63, 3.8) is 0 Å². The van der Waals surface area contributed by atoms with Gasteiger partial charge in [0.05, 0.1) is 45.7 Å². The molecular weight excluding hydrogens is 859 g/mol. The monoisotopic (exact) mass is 924 g/mol. The molecule has 0 saturated heterocycles. The molecule has 0 spiro atoms. The lowest BCUT2D eigenvalue weighted by Gasteiger charge is -2.20. The normalized spacial score (nSPS) is 14.1. The highest BCUT2D eigenvalue weighted by molar-refractivity contribution is 6.25. The highest BCUT2D eigenvalue weighted by atomic mass is 16.5. The van der Waals surface area contributed by atoms with Gasteiger partial charge in [-0.3, -0.25) is 4.57 Å². The molecule has 2 N–H and O–H groups in total. The van der Waals surface area contributed by atoms with Crippen molar-refractivity contribution in [1.82, 2.24) is 18.7 Å². The van der Waals surface area contributed by atoms with E-state index in [1.807, 2.05) is 91.1 Å². The highest BCUT2D eigenvalue weighted by Crippen LogP contribution is 2.46. The van der Waals surface area contributed by atoms with Crippen LogP contribution in [0.15, 0.2) is 146 Å². The Kier molecular flexibility index (Phi) is 8.68. The van der Waals surface area contributed by atoms with Crippen LogP contribution in [0.1, 0.15) is 87.2 Å². The third-order valence-corrected chi connectivity index (χ3v) is 13.7. The van der Waals surface area contributed by atoms with Gasteiger partial charge in [-0.25, -0.2) is 9.83 Å². The summed E-state index contributed by atoms with van der Waals surface area (Å²) in [7, 11) is 0. The SMILES string of the molecule is [2H]C([2H])([2H])n1c2ccc(C(C)(C)C)cc2c2cc3c4cc(C(C)(C)C)ccc4n(C([2H])([2H])[2H])c3c(Nc3ccccc3Nc3cc([N+]#[C-])cc(Oc4ccc5c6ccccc6n(-c6cc(C(C)(C)C)ccn6)c5c4)c3)c21. The van der Waals surface area contributed by atoms with Crippen LogP contribution in [0.5, 0.6) is 11.5 Å². The predicted molar refractivity (Wildman–Crippen MR) is 295 cm³/mol. The van der Waals surface area contributed by atoms with Gasteiger partial charge in [-0.1, -0.05) is 105 Å². The summed E-state index contributed by atoms with van der Waals surface area (Å²) in [5, 5.41) is 12.1. The molecule has 0 amide bonds. The van der Waals surface area contributed by atoms with Crippen molar-refractivity contribution in [2.24, 2.45) is 14.0 Å². The first-order chi connectivity index (χ1) is 35.8. The third kappa shape index (κ3) is 7.48. The van der Waals surface area contributed by atoms with Crippen LogP contribution in [0.3, 0.4) is 0 Å². The van der Waals surface area contributed by atoms with Crippen LogP contribution >= 0.6 is 0 Å². The first kappa shape index (κ1) is 37.9. The fourth-order valence-electron chi connectivity index (χ4n) is 9.90. The molecule has 11 rings (SSSR count). The lowest BCUT2D eigenvalue weighted by atomic mass is 9.86. The second-order valence-electron chi connectivity index (χ2n) is 21.6. The Bertz CT molecular complexity index is 4080. The number of benzene rings is 7. The number of aryl methyl sites for hydroxylation is 2.